The molecule has 2 aromatic rings. The van der Waals surface area contributed by atoms with Gasteiger partial charge in [-0.25, -0.2) is 0 Å². The second-order valence-corrected chi connectivity index (χ2v) is 3.77. The Morgan fingerprint density at radius 3 is 2.67 bits per heavy atom. The molecule has 1 heterocycles. The van der Waals surface area contributed by atoms with Crippen molar-refractivity contribution in [3.63, 3.8) is 0 Å². The van der Waals surface area contributed by atoms with Crippen molar-refractivity contribution >= 4 is 22.8 Å². The van der Waals surface area contributed by atoms with E-state index < -0.39 is 0 Å². The fourth-order valence-corrected chi connectivity index (χ4v) is 1.50. The standard InChI is InChI=1S/C11H13N5O2/c1-7(17)12-4-5-13-11(18)8-2-3-9-10(6-8)15-16-14-9/h2-3,6H,4-5H2,1H3,(H,12,17)(H,13,18)(H,14,15,16). The summed E-state index contributed by atoms with van der Waals surface area (Å²) in [7, 11) is 0. The lowest BCUT2D eigenvalue weighted by atomic mass is 10.2. The molecule has 3 N–H and O–H groups in total. The first kappa shape index (κ1) is 12.0. The number of fused-ring (bicyclic) bond motifs is 1. The van der Waals surface area contributed by atoms with Gasteiger partial charge in [-0.05, 0) is 18.2 Å². The van der Waals surface area contributed by atoms with Gasteiger partial charge in [-0.3, -0.25) is 9.59 Å². The number of hydrogen-bond acceptors (Lipinski definition) is 4. The third-order valence-electron chi connectivity index (χ3n) is 2.36. The van der Waals surface area contributed by atoms with E-state index in [1.165, 1.54) is 6.92 Å². The zero-order valence-electron chi connectivity index (χ0n) is 9.86. The molecule has 0 bridgehead atoms. The Bertz CT molecular complexity index is 578. The average molecular weight is 247 g/mol. The first-order valence-corrected chi connectivity index (χ1v) is 5.50. The molecule has 0 unspecified atom stereocenters. The molecular formula is C11H13N5O2. The van der Waals surface area contributed by atoms with Gasteiger partial charge in [0.2, 0.25) is 5.91 Å². The van der Waals surface area contributed by atoms with Gasteiger partial charge in [0.15, 0.2) is 0 Å². The Balaban J connectivity index is 1.93. The van der Waals surface area contributed by atoms with Crippen LogP contribution in [0.3, 0.4) is 0 Å². The van der Waals surface area contributed by atoms with Crippen LogP contribution in [-0.2, 0) is 4.79 Å². The number of carbonyl (C=O) groups is 2. The number of H-pyrrole nitrogens is 1. The van der Waals surface area contributed by atoms with E-state index in [0.717, 1.165) is 0 Å². The van der Waals surface area contributed by atoms with Crippen LogP contribution in [0.5, 0.6) is 0 Å². The molecule has 2 rings (SSSR count). The van der Waals surface area contributed by atoms with E-state index in [-0.39, 0.29) is 11.8 Å². The summed E-state index contributed by atoms with van der Waals surface area (Å²) in [6, 6.07) is 5.06. The van der Waals surface area contributed by atoms with Crippen molar-refractivity contribution < 1.29 is 9.59 Å². The molecule has 94 valence electrons. The minimum absolute atomic E-state index is 0.117. The van der Waals surface area contributed by atoms with E-state index in [2.05, 4.69) is 26.0 Å². The fraction of sp³-hybridized carbons (Fsp3) is 0.273. The minimum Gasteiger partial charge on any atom is -0.355 e. The number of rotatable bonds is 4. The van der Waals surface area contributed by atoms with Gasteiger partial charge in [0.1, 0.15) is 11.0 Å². The zero-order valence-corrected chi connectivity index (χ0v) is 9.86. The number of aromatic amines is 1. The molecule has 0 aliphatic heterocycles. The molecule has 0 spiro atoms. The largest absolute Gasteiger partial charge is 0.355 e. The van der Waals surface area contributed by atoms with Gasteiger partial charge < -0.3 is 10.6 Å². The van der Waals surface area contributed by atoms with Crippen LogP contribution in [0.4, 0.5) is 0 Å². The van der Waals surface area contributed by atoms with E-state index >= 15 is 0 Å². The highest BCUT2D eigenvalue weighted by Crippen LogP contribution is 2.10. The van der Waals surface area contributed by atoms with Gasteiger partial charge in [0.25, 0.3) is 5.91 Å². The third-order valence-corrected chi connectivity index (χ3v) is 2.36. The number of nitrogens with one attached hydrogen (secondary N) is 3. The Kier molecular flexibility index (Phi) is 3.52. The maximum atomic E-state index is 11.8. The number of hydrogen-bond donors (Lipinski definition) is 3. The molecule has 1 aromatic carbocycles. The van der Waals surface area contributed by atoms with Crippen LogP contribution in [0.1, 0.15) is 17.3 Å². The second-order valence-electron chi connectivity index (χ2n) is 3.77. The van der Waals surface area contributed by atoms with Gasteiger partial charge >= 0.3 is 0 Å². The Morgan fingerprint density at radius 1 is 1.17 bits per heavy atom. The molecular weight excluding hydrogens is 234 g/mol. The molecule has 0 aliphatic rings. The third kappa shape index (κ3) is 2.82. The van der Waals surface area contributed by atoms with Gasteiger partial charge in [-0.15, -0.1) is 0 Å². The summed E-state index contributed by atoms with van der Waals surface area (Å²) < 4.78 is 0. The van der Waals surface area contributed by atoms with Crippen molar-refractivity contribution in [3.05, 3.63) is 23.8 Å². The van der Waals surface area contributed by atoms with Gasteiger partial charge in [0, 0.05) is 25.6 Å². The molecule has 0 aliphatic carbocycles. The van der Waals surface area contributed by atoms with Crippen LogP contribution in [0, 0.1) is 0 Å². The predicted molar refractivity (Wildman–Crippen MR) is 64.9 cm³/mol. The lowest BCUT2D eigenvalue weighted by molar-refractivity contribution is -0.118. The summed E-state index contributed by atoms with van der Waals surface area (Å²) in [5, 5.41) is 15.6. The number of benzene rings is 1. The molecule has 7 heteroatoms. The SMILES string of the molecule is CC(=O)NCCNC(=O)c1ccc2n[nH]nc2c1. The summed E-state index contributed by atoms with van der Waals surface area (Å²) in [6.07, 6.45) is 0. The molecule has 0 fully saturated rings. The van der Waals surface area contributed by atoms with Gasteiger partial charge in [-0.2, -0.15) is 15.4 Å². The first-order chi connectivity index (χ1) is 8.66. The van der Waals surface area contributed by atoms with E-state index in [4.69, 9.17) is 0 Å². The maximum Gasteiger partial charge on any atom is 0.251 e. The summed E-state index contributed by atoms with van der Waals surface area (Å²) in [6.45, 7) is 2.23. The molecule has 2 amide bonds. The highest BCUT2D eigenvalue weighted by Gasteiger charge is 2.07. The summed E-state index contributed by atoms with van der Waals surface area (Å²) in [4.78, 5) is 22.4. The number of amides is 2. The van der Waals surface area contributed by atoms with E-state index in [1.807, 2.05) is 0 Å². The number of carbonyl (C=O) groups excluding carboxylic acids is 2. The minimum atomic E-state index is -0.203. The van der Waals surface area contributed by atoms with Gasteiger partial charge in [-0.1, -0.05) is 0 Å². The van der Waals surface area contributed by atoms with Crippen LogP contribution in [0.2, 0.25) is 0 Å². The quantitative estimate of drug-likeness (QED) is 0.653. The van der Waals surface area contributed by atoms with Gasteiger partial charge in [0.05, 0.1) is 0 Å². The van der Waals surface area contributed by atoms with Crippen LogP contribution in [0.25, 0.3) is 11.0 Å². The number of aromatic nitrogens is 3. The highest BCUT2D eigenvalue weighted by atomic mass is 16.2. The fourth-order valence-electron chi connectivity index (χ4n) is 1.50. The van der Waals surface area contributed by atoms with E-state index in [0.29, 0.717) is 29.7 Å². The predicted octanol–water partition coefficient (Wildman–Crippen LogP) is -0.176. The van der Waals surface area contributed by atoms with Crippen molar-refractivity contribution in [2.45, 2.75) is 6.92 Å². The normalized spacial score (nSPS) is 10.3. The molecule has 7 nitrogen and oxygen atoms in total. The monoisotopic (exact) mass is 247 g/mol. The Morgan fingerprint density at radius 2 is 1.89 bits per heavy atom. The Labute approximate surface area is 103 Å². The van der Waals surface area contributed by atoms with Crippen molar-refractivity contribution in [3.8, 4) is 0 Å². The van der Waals surface area contributed by atoms with Crippen molar-refractivity contribution in [2.24, 2.45) is 0 Å². The lowest BCUT2D eigenvalue weighted by Crippen LogP contribution is -2.33. The zero-order chi connectivity index (χ0) is 13.0. The van der Waals surface area contributed by atoms with E-state index in [9.17, 15) is 9.59 Å². The molecule has 0 atom stereocenters. The van der Waals surface area contributed by atoms with Crippen LogP contribution in [-0.4, -0.2) is 40.3 Å². The lowest BCUT2D eigenvalue weighted by Gasteiger charge is -2.05. The highest BCUT2D eigenvalue weighted by molar-refractivity contribution is 5.97. The van der Waals surface area contributed by atoms with Crippen molar-refractivity contribution in [1.82, 2.24) is 26.0 Å². The smallest absolute Gasteiger partial charge is 0.251 e. The molecule has 1 aromatic heterocycles. The topological polar surface area (TPSA) is 99.8 Å². The molecule has 0 saturated heterocycles. The number of nitrogens with zero attached hydrogens (tertiary/aromatic N) is 2. The summed E-state index contributed by atoms with van der Waals surface area (Å²) >= 11 is 0. The second kappa shape index (κ2) is 5.26. The van der Waals surface area contributed by atoms with Crippen LogP contribution >= 0.6 is 0 Å². The van der Waals surface area contributed by atoms with E-state index in [1.54, 1.807) is 18.2 Å². The first-order valence-electron chi connectivity index (χ1n) is 5.50. The van der Waals surface area contributed by atoms with Crippen LogP contribution in [0.15, 0.2) is 18.2 Å². The molecule has 0 radical (unpaired) electrons. The van der Waals surface area contributed by atoms with Crippen molar-refractivity contribution in [2.75, 3.05) is 13.1 Å². The summed E-state index contributed by atoms with van der Waals surface area (Å²) in [5.41, 5.74) is 1.87. The molecule has 18 heavy (non-hydrogen) atoms. The summed E-state index contributed by atoms with van der Waals surface area (Å²) in [5.74, 6) is -0.321. The van der Waals surface area contributed by atoms with Crippen molar-refractivity contribution in [1.29, 1.82) is 0 Å². The Hall–Kier alpha value is -2.44. The van der Waals surface area contributed by atoms with Crippen LogP contribution < -0.4 is 10.6 Å². The molecule has 0 saturated carbocycles. The maximum absolute atomic E-state index is 11.8. The average Bonchev–Trinajstić information content (AvgIpc) is 2.81.